The summed E-state index contributed by atoms with van der Waals surface area (Å²) in [5.74, 6) is 0. The first-order valence-electron chi connectivity index (χ1n) is 3.30. The number of rotatable bonds is 1. The molecule has 0 saturated carbocycles. The monoisotopic (exact) mass is 233 g/mol. The van der Waals surface area contributed by atoms with Crippen LogP contribution in [0.2, 0.25) is 5.02 Å². The van der Waals surface area contributed by atoms with E-state index < -0.39 is 0 Å². The minimum absolute atomic E-state index is 0.521. The molecule has 0 atom stereocenters. The highest BCUT2D eigenvalue weighted by Gasteiger charge is 2.04. The van der Waals surface area contributed by atoms with Crippen molar-refractivity contribution in [3.05, 3.63) is 32.8 Å². The quantitative estimate of drug-likeness (QED) is 0.794. The standard InChI is InChI=1S/C8H9BrClN/c1-5-6(4-11)7(9)2-3-8(5)10/h2-3H,4,11H2,1H3. The first-order valence-corrected chi connectivity index (χ1v) is 4.47. The zero-order chi connectivity index (χ0) is 8.43. The van der Waals surface area contributed by atoms with Crippen molar-refractivity contribution in [3.8, 4) is 0 Å². The Morgan fingerprint density at radius 2 is 2.18 bits per heavy atom. The highest BCUT2D eigenvalue weighted by Crippen LogP contribution is 2.25. The van der Waals surface area contributed by atoms with Crippen molar-refractivity contribution < 1.29 is 0 Å². The predicted molar refractivity (Wildman–Crippen MR) is 51.8 cm³/mol. The Balaban J connectivity index is 3.29. The average Bonchev–Trinajstić information content (AvgIpc) is 1.99. The van der Waals surface area contributed by atoms with Gasteiger partial charge in [-0.15, -0.1) is 0 Å². The fraction of sp³-hybridized carbons (Fsp3) is 0.250. The van der Waals surface area contributed by atoms with Gasteiger partial charge in [0, 0.05) is 16.0 Å². The van der Waals surface area contributed by atoms with Crippen molar-refractivity contribution in [3.63, 3.8) is 0 Å². The third-order valence-corrected chi connectivity index (χ3v) is 2.83. The molecule has 1 nitrogen and oxygen atoms in total. The van der Waals surface area contributed by atoms with E-state index in [1.54, 1.807) is 0 Å². The summed E-state index contributed by atoms with van der Waals surface area (Å²) in [4.78, 5) is 0. The number of benzene rings is 1. The normalized spacial score (nSPS) is 10.2. The number of hydrogen-bond acceptors (Lipinski definition) is 1. The summed E-state index contributed by atoms with van der Waals surface area (Å²) in [6.07, 6.45) is 0. The molecule has 0 spiro atoms. The van der Waals surface area contributed by atoms with Gasteiger partial charge in [-0.05, 0) is 30.2 Å². The molecule has 0 aliphatic heterocycles. The summed E-state index contributed by atoms with van der Waals surface area (Å²) in [6, 6.07) is 3.78. The van der Waals surface area contributed by atoms with Crippen molar-refractivity contribution >= 4 is 27.5 Å². The smallest absolute Gasteiger partial charge is 0.0439 e. The van der Waals surface area contributed by atoms with Crippen LogP contribution in [0.15, 0.2) is 16.6 Å². The van der Waals surface area contributed by atoms with E-state index in [-0.39, 0.29) is 0 Å². The summed E-state index contributed by atoms with van der Waals surface area (Å²) in [5, 5.41) is 0.772. The number of halogens is 2. The largest absolute Gasteiger partial charge is 0.326 e. The van der Waals surface area contributed by atoms with Gasteiger partial charge in [0.2, 0.25) is 0 Å². The molecule has 0 saturated heterocycles. The summed E-state index contributed by atoms with van der Waals surface area (Å²) in [7, 11) is 0. The maximum atomic E-state index is 5.89. The van der Waals surface area contributed by atoms with Gasteiger partial charge in [0.25, 0.3) is 0 Å². The van der Waals surface area contributed by atoms with Crippen LogP contribution in [0.1, 0.15) is 11.1 Å². The summed E-state index contributed by atoms with van der Waals surface area (Å²) >= 11 is 9.29. The molecule has 1 aromatic carbocycles. The van der Waals surface area contributed by atoms with Crippen LogP contribution >= 0.6 is 27.5 Å². The molecule has 1 aromatic rings. The van der Waals surface area contributed by atoms with Crippen molar-refractivity contribution in [2.24, 2.45) is 5.73 Å². The minimum Gasteiger partial charge on any atom is -0.326 e. The van der Waals surface area contributed by atoms with E-state index in [2.05, 4.69) is 15.9 Å². The molecule has 0 heterocycles. The molecule has 0 radical (unpaired) electrons. The van der Waals surface area contributed by atoms with E-state index in [1.807, 2.05) is 19.1 Å². The molecule has 0 aliphatic carbocycles. The fourth-order valence-corrected chi connectivity index (χ4v) is 1.71. The predicted octanol–water partition coefficient (Wildman–Crippen LogP) is 2.87. The number of nitrogens with two attached hydrogens (primary N) is 1. The topological polar surface area (TPSA) is 26.0 Å². The van der Waals surface area contributed by atoms with Gasteiger partial charge >= 0.3 is 0 Å². The molecule has 60 valence electrons. The zero-order valence-electron chi connectivity index (χ0n) is 6.20. The Morgan fingerprint density at radius 3 is 2.64 bits per heavy atom. The van der Waals surface area contributed by atoms with E-state index in [0.717, 1.165) is 20.6 Å². The van der Waals surface area contributed by atoms with E-state index in [1.165, 1.54) is 0 Å². The first kappa shape index (κ1) is 9.04. The molecule has 0 amide bonds. The molecular weight excluding hydrogens is 225 g/mol. The van der Waals surface area contributed by atoms with Gasteiger partial charge in [-0.2, -0.15) is 0 Å². The van der Waals surface area contributed by atoms with Crippen LogP contribution in [-0.2, 0) is 6.54 Å². The van der Waals surface area contributed by atoms with Crippen LogP contribution in [0.25, 0.3) is 0 Å². The third kappa shape index (κ3) is 1.75. The van der Waals surface area contributed by atoms with Gasteiger partial charge in [-0.25, -0.2) is 0 Å². The highest BCUT2D eigenvalue weighted by atomic mass is 79.9. The van der Waals surface area contributed by atoms with Crippen LogP contribution < -0.4 is 5.73 Å². The molecule has 11 heavy (non-hydrogen) atoms. The Bertz CT molecular complexity index is 273. The van der Waals surface area contributed by atoms with Gasteiger partial charge in [0.1, 0.15) is 0 Å². The second-order valence-corrected chi connectivity index (χ2v) is 3.60. The maximum absolute atomic E-state index is 5.89. The van der Waals surface area contributed by atoms with Gasteiger partial charge in [0.15, 0.2) is 0 Å². The van der Waals surface area contributed by atoms with E-state index >= 15 is 0 Å². The molecule has 0 bridgehead atoms. The van der Waals surface area contributed by atoms with Gasteiger partial charge < -0.3 is 5.73 Å². The lowest BCUT2D eigenvalue weighted by Crippen LogP contribution is -2.00. The van der Waals surface area contributed by atoms with Crippen LogP contribution in [0.3, 0.4) is 0 Å². The molecule has 1 rings (SSSR count). The molecule has 2 N–H and O–H groups in total. The minimum atomic E-state index is 0.521. The van der Waals surface area contributed by atoms with Crippen LogP contribution in [0.5, 0.6) is 0 Å². The van der Waals surface area contributed by atoms with E-state index in [9.17, 15) is 0 Å². The zero-order valence-corrected chi connectivity index (χ0v) is 8.54. The Hall–Kier alpha value is -0.0500. The van der Waals surface area contributed by atoms with Crippen LogP contribution in [0, 0.1) is 6.92 Å². The third-order valence-electron chi connectivity index (χ3n) is 1.68. The van der Waals surface area contributed by atoms with Gasteiger partial charge in [0.05, 0.1) is 0 Å². The first-order chi connectivity index (χ1) is 5.16. The average molecular weight is 235 g/mol. The maximum Gasteiger partial charge on any atom is 0.0439 e. The Morgan fingerprint density at radius 1 is 1.55 bits per heavy atom. The molecule has 0 aromatic heterocycles. The second kappa shape index (κ2) is 3.57. The van der Waals surface area contributed by atoms with Gasteiger partial charge in [-0.1, -0.05) is 27.5 Å². The van der Waals surface area contributed by atoms with Crippen LogP contribution in [0.4, 0.5) is 0 Å². The second-order valence-electron chi connectivity index (χ2n) is 2.34. The SMILES string of the molecule is Cc1c(Cl)ccc(Br)c1CN. The van der Waals surface area contributed by atoms with E-state index in [4.69, 9.17) is 17.3 Å². The molecule has 0 aliphatic rings. The summed E-state index contributed by atoms with van der Waals surface area (Å²) in [6.45, 7) is 2.49. The fourth-order valence-electron chi connectivity index (χ4n) is 0.946. The lowest BCUT2D eigenvalue weighted by atomic mass is 10.1. The highest BCUT2D eigenvalue weighted by molar-refractivity contribution is 9.10. The molecule has 0 unspecified atom stereocenters. The van der Waals surface area contributed by atoms with Crippen LogP contribution in [-0.4, -0.2) is 0 Å². The Labute approximate surface area is 79.7 Å². The van der Waals surface area contributed by atoms with Crippen molar-refractivity contribution in [2.75, 3.05) is 0 Å². The molecule has 0 fully saturated rings. The van der Waals surface area contributed by atoms with Crippen molar-refractivity contribution in [2.45, 2.75) is 13.5 Å². The number of hydrogen-bond donors (Lipinski definition) is 1. The molecule has 3 heteroatoms. The molecular formula is C8H9BrClN. The van der Waals surface area contributed by atoms with Gasteiger partial charge in [-0.3, -0.25) is 0 Å². The summed E-state index contributed by atoms with van der Waals surface area (Å²) < 4.78 is 1.03. The Kier molecular flexibility index (Phi) is 2.93. The lowest BCUT2D eigenvalue weighted by Gasteiger charge is -2.06. The van der Waals surface area contributed by atoms with Crippen molar-refractivity contribution in [1.82, 2.24) is 0 Å². The lowest BCUT2D eigenvalue weighted by molar-refractivity contribution is 1.04. The summed E-state index contributed by atoms with van der Waals surface area (Å²) in [5.41, 5.74) is 7.67. The van der Waals surface area contributed by atoms with E-state index in [0.29, 0.717) is 6.54 Å². The van der Waals surface area contributed by atoms with Crippen molar-refractivity contribution in [1.29, 1.82) is 0 Å².